The second kappa shape index (κ2) is 4.69. The second-order valence-electron chi connectivity index (χ2n) is 3.54. The first-order chi connectivity index (χ1) is 7.00. The van der Waals surface area contributed by atoms with E-state index in [1.807, 2.05) is 6.92 Å². The van der Waals surface area contributed by atoms with E-state index in [1.165, 1.54) is 6.07 Å². The SMILES string of the molecule is CCCc1cccc(C(F)(F)F)c1CC. The fourth-order valence-electron chi connectivity index (χ4n) is 1.82. The van der Waals surface area contributed by atoms with Crippen molar-refractivity contribution in [3.05, 3.63) is 34.9 Å². The molecule has 0 amide bonds. The third kappa shape index (κ3) is 2.74. The van der Waals surface area contributed by atoms with E-state index in [-0.39, 0.29) is 0 Å². The van der Waals surface area contributed by atoms with Crippen molar-refractivity contribution in [3.63, 3.8) is 0 Å². The van der Waals surface area contributed by atoms with Gasteiger partial charge in [-0.3, -0.25) is 0 Å². The molecule has 84 valence electrons. The van der Waals surface area contributed by atoms with Crippen molar-refractivity contribution in [2.75, 3.05) is 0 Å². The van der Waals surface area contributed by atoms with E-state index in [4.69, 9.17) is 0 Å². The number of hydrogen-bond donors (Lipinski definition) is 0. The summed E-state index contributed by atoms with van der Waals surface area (Å²) in [6.45, 7) is 3.74. The minimum absolute atomic E-state index is 0.436. The molecule has 0 saturated heterocycles. The fourth-order valence-corrected chi connectivity index (χ4v) is 1.82. The van der Waals surface area contributed by atoms with Crippen LogP contribution < -0.4 is 0 Å². The largest absolute Gasteiger partial charge is 0.416 e. The van der Waals surface area contributed by atoms with Crippen LogP contribution in [0.25, 0.3) is 0 Å². The van der Waals surface area contributed by atoms with Gasteiger partial charge in [0.1, 0.15) is 0 Å². The summed E-state index contributed by atoms with van der Waals surface area (Å²) >= 11 is 0. The maximum atomic E-state index is 12.7. The average molecular weight is 216 g/mol. The Kier molecular flexibility index (Phi) is 3.77. The monoisotopic (exact) mass is 216 g/mol. The Morgan fingerprint density at radius 2 is 1.80 bits per heavy atom. The molecule has 3 heteroatoms. The average Bonchev–Trinajstić information content (AvgIpc) is 2.16. The van der Waals surface area contributed by atoms with Crippen molar-refractivity contribution in [1.29, 1.82) is 0 Å². The highest BCUT2D eigenvalue weighted by Gasteiger charge is 2.33. The molecule has 0 spiro atoms. The highest BCUT2D eigenvalue weighted by atomic mass is 19.4. The van der Waals surface area contributed by atoms with Gasteiger partial charge in [-0.1, -0.05) is 32.4 Å². The number of alkyl halides is 3. The lowest BCUT2D eigenvalue weighted by atomic mass is 9.96. The van der Waals surface area contributed by atoms with E-state index in [1.54, 1.807) is 13.0 Å². The van der Waals surface area contributed by atoms with Gasteiger partial charge in [0.05, 0.1) is 5.56 Å². The Bertz CT molecular complexity index is 326. The first-order valence-electron chi connectivity index (χ1n) is 5.18. The normalized spacial score (nSPS) is 11.8. The van der Waals surface area contributed by atoms with Gasteiger partial charge >= 0.3 is 6.18 Å². The molecule has 0 aliphatic rings. The highest BCUT2D eigenvalue weighted by molar-refractivity contribution is 5.37. The molecule has 0 saturated carbocycles. The van der Waals surface area contributed by atoms with Crippen LogP contribution in [0.3, 0.4) is 0 Å². The smallest absolute Gasteiger partial charge is 0.166 e. The molecule has 1 aromatic carbocycles. The summed E-state index contributed by atoms with van der Waals surface area (Å²) in [6, 6.07) is 4.45. The number of benzene rings is 1. The van der Waals surface area contributed by atoms with Crippen molar-refractivity contribution in [1.82, 2.24) is 0 Å². The molecule has 0 radical (unpaired) electrons. The van der Waals surface area contributed by atoms with Crippen molar-refractivity contribution in [2.45, 2.75) is 39.3 Å². The molecular weight excluding hydrogens is 201 g/mol. The van der Waals surface area contributed by atoms with Crippen LogP contribution in [0.5, 0.6) is 0 Å². The van der Waals surface area contributed by atoms with Crippen molar-refractivity contribution in [2.24, 2.45) is 0 Å². The van der Waals surface area contributed by atoms with Crippen molar-refractivity contribution in [3.8, 4) is 0 Å². The maximum absolute atomic E-state index is 12.7. The van der Waals surface area contributed by atoms with Crippen LogP contribution in [0.15, 0.2) is 18.2 Å². The minimum atomic E-state index is -4.23. The Morgan fingerprint density at radius 1 is 1.13 bits per heavy atom. The summed E-state index contributed by atoms with van der Waals surface area (Å²) in [5.41, 5.74) is 0.803. The minimum Gasteiger partial charge on any atom is -0.166 e. The quantitative estimate of drug-likeness (QED) is 0.709. The molecule has 1 aromatic rings. The Morgan fingerprint density at radius 3 is 2.27 bits per heavy atom. The van der Waals surface area contributed by atoms with E-state index < -0.39 is 11.7 Å². The highest BCUT2D eigenvalue weighted by Crippen LogP contribution is 2.33. The van der Waals surface area contributed by atoms with Crippen molar-refractivity contribution >= 4 is 0 Å². The topological polar surface area (TPSA) is 0 Å². The summed E-state index contributed by atoms with van der Waals surface area (Å²) in [5.74, 6) is 0. The van der Waals surface area contributed by atoms with Crippen LogP contribution in [-0.2, 0) is 19.0 Å². The van der Waals surface area contributed by atoms with Gasteiger partial charge in [-0.05, 0) is 30.0 Å². The van der Waals surface area contributed by atoms with Crippen LogP contribution >= 0.6 is 0 Å². The van der Waals surface area contributed by atoms with Gasteiger partial charge in [-0.25, -0.2) is 0 Å². The molecule has 0 aliphatic carbocycles. The zero-order valence-corrected chi connectivity index (χ0v) is 8.99. The first-order valence-corrected chi connectivity index (χ1v) is 5.18. The van der Waals surface area contributed by atoms with E-state index in [0.29, 0.717) is 18.4 Å². The lowest BCUT2D eigenvalue weighted by Gasteiger charge is -2.15. The molecule has 15 heavy (non-hydrogen) atoms. The van der Waals surface area contributed by atoms with E-state index in [0.717, 1.165) is 18.1 Å². The molecule has 0 fully saturated rings. The summed E-state index contributed by atoms with van der Waals surface area (Å²) in [6.07, 6.45) is -2.21. The van der Waals surface area contributed by atoms with Crippen LogP contribution in [0.1, 0.15) is 37.0 Å². The van der Waals surface area contributed by atoms with Gasteiger partial charge in [0.25, 0.3) is 0 Å². The molecule has 0 nitrogen and oxygen atoms in total. The summed E-state index contributed by atoms with van der Waals surface area (Å²) in [7, 11) is 0. The fraction of sp³-hybridized carbons (Fsp3) is 0.500. The third-order valence-corrected chi connectivity index (χ3v) is 2.45. The van der Waals surface area contributed by atoms with Crippen LogP contribution in [0.4, 0.5) is 13.2 Å². The van der Waals surface area contributed by atoms with Crippen LogP contribution in [0, 0.1) is 0 Å². The summed E-state index contributed by atoms with van der Waals surface area (Å²) in [4.78, 5) is 0. The summed E-state index contributed by atoms with van der Waals surface area (Å²) in [5, 5.41) is 0. The van der Waals surface area contributed by atoms with Gasteiger partial charge in [0, 0.05) is 0 Å². The molecular formula is C12H15F3. The Labute approximate surface area is 88.1 Å². The summed E-state index contributed by atoms with van der Waals surface area (Å²) < 4.78 is 38.0. The molecule has 0 N–H and O–H groups in total. The lowest BCUT2D eigenvalue weighted by molar-refractivity contribution is -0.138. The van der Waals surface area contributed by atoms with Crippen molar-refractivity contribution < 1.29 is 13.2 Å². The van der Waals surface area contributed by atoms with Gasteiger partial charge < -0.3 is 0 Å². The van der Waals surface area contributed by atoms with Gasteiger partial charge in [-0.2, -0.15) is 13.2 Å². The van der Waals surface area contributed by atoms with Gasteiger partial charge in [0.2, 0.25) is 0 Å². The molecule has 0 aliphatic heterocycles. The van der Waals surface area contributed by atoms with Gasteiger partial charge in [0.15, 0.2) is 0 Å². The van der Waals surface area contributed by atoms with Gasteiger partial charge in [-0.15, -0.1) is 0 Å². The zero-order valence-electron chi connectivity index (χ0n) is 8.99. The number of hydrogen-bond acceptors (Lipinski definition) is 0. The second-order valence-corrected chi connectivity index (χ2v) is 3.54. The number of aryl methyl sites for hydroxylation is 1. The predicted molar refractivity (Wildman–Crippen MR) is 54.8 cm³/mol. The Hall–Kier alpha value is -0.990. The standard InChI is InChI=1S/C12H15F3/c1-3-6-9-7-5-8-11(10(9)4-2)12(13,14)15/h5,7-8H,3-4,6H2,1-2H3. The van der Waals surface area contributed by atoms with E-state index >= 15 is 0 Å². The molecule has 0 unspecified atom stereocenters. The Balaban J connectivity index is 3.22. The third-order valence-electron chi connectivity index (χ3n) is 2.45. The number of rotatable bonds is 3. The molecule has 0 aromatic heterocycles. The zero-order chi connectivity index (χ0) is 11.5. The molecule has 0 heterocycles. The molecule has 0 atom stereocenters. The lowest BCUT2D eigenvalue weighted by Crippen LogP contribution is -2.10. The van der Waals surface area contributed by atoms with Crippen LogP contribution in [-0.4, -0.2) is 0 Å². The predicted octanol–water partition coefficient (Wildman–Crippen LogP) is 4.22. The van der Waals surface area contributed by atoms with E-state index in [9.17, 15) is 13.2 Å². The first kappa shape index (κ1) is 12.1. The number of halogens is 3. The maximum Gasteiger partial charge on any atom is 0.416 e. The van der Waals surface area contributed by atoms with Crippen LogP contribution in [0.2, 0.25) is 0 Å². The molecule has 1 rings (SSSR count). The van der Waals surface area contributed by atoms with E-state index in [2.05, 4.69) is 0 Å². The molecule has 0 bridgehead atoms.